The van der Waals surface area contributed by atoms with E-state index in [0.29, 0.717) is 49.0 Å². The van der Waals surface area contributed by atoms with E-state index in [1.54, 1.807) is 24.3 Å². The van der Waals surface area contributed by atoms with E-state index in [4.69, 9.17) is 5.26 Å². The Balaban J connectivity index is 1.75. The molecule has 2 atom stereocenters. The number of rotatable bonds is 4. The van der Waals surface area contributed by atoms with E-state index >= 15 is 0 Å². The van der Waals surface area contributed by atoms with Crippen LogP contribution in [0.15, 0.2) is 48.5 Å². The predicted molar refractivity (Wildman–Crippen MR) is 100 cm³/mol. The monoisotopic (exact) mass is 360 g/mol. The van der Waals surface area contributed by atoms with Crippen LogP contribution in [0.4, 0.5) is 5.69 Å². The minimum Gasteiger partial charge on any atom is -0.375 e. The van der Waals surface area contributed by atoms with Crippen molar-refractivity contribution in [2.24, 2.45) is 5.92 Å². The summed E-state index contributed by atoms with van der Waals surface area (Å²) in [4.78, 5) is 28.0. The van der Waals surface area contributed by atoms with Crippen molar-refractivity contribution in [3.8, 4) is 6.07 Å². The zero-order valence-electron chi connectivity index (χ0n) is 14.9. The Hall–Kier alpha value is -2.97. The number of para-hydroxylation sites is 1. The van der Waals surface area contributed by atoms with E-state index in [2.05, 4.69) is 6.07 Å². The number of unbranched alkanes of at least 4 members (excludes halogenated alkanes) is 1. The fourth-order valence-corrected chi connectivity index (χ4v) is 4.33. The van der Waals surface area contributed by atoms with Gasteiger partial charge in [-0.3, -0.25) is 9.59 Å². The predicted octanol–water partition coefficient (Wildman–Crippen LogP) is 2.97. The molecule has 1 aliphatic heterocycles. The molecule has 1 aliphatic carbocycles. The van der Waals surface area contributed by atoms with Crippen LogP contribution < -0.4 is 4.90 Å². The van der Waals surface area contributed by atoms with E-state index in [1.165, 1.54) is 4.90 Å². The van der Waals surface area contributed by atoms with Gasteiger partial charge in [0.1, 0.15) is 0 Å². The third kappa shape index (κ3) is 2.56. The normalized spacial score (nSPS) is 23.7. The van der Waals surface area contributed by atoms with E-state index in [9.17, 15) is 14.7 Å². The second-order valence-electron chi connectivity index (χ2n) is 7.11. The maximum absolute atomic E-state index is 13.3. The number of amides is 1. The van der Waals surface area contributed by atoms with Crippen LogP contribution in [-0.4, -0.2) is 23.3 Å². The number of carbonyl (C=O) groups excluding carboxylic acids is 2. The third-order valence-electron chi connectivity index (χ3n) is 5.65. The first kappa shape index (κ1) is 17.4. The van der Waals surface area contributed by atoms with Gasteiger partial charge < -0.3 is 10.0 Å². The van der Waals surface area contributed by atoms with Gasteiger partial charge in [-0.15, -0.1) is 0 Å². The first-order valence-electron chi connectivity index (χ1n) is 9.22. The van der Waals surface area contributed by atoms with Crippen molar-refractivity contribution in [1.82, 2.24) is 0 Å². The Morgan fingerprint density at radius 1 is 1.15 bits per heavy atom. The molecule has 0 aromatic heterocycles. The molecule has 1 N–H and O–H groups in total. The maximum Gasteiger partial charge on any atom is 0.264 e. The lowest BCUT2D eigenvalue weighted by atomic mass is 9.71. The zero-order chi connectivity index (χ0) is 19.0. The van der Waals surface area contributed by atoms with Crippen LogP contribution in [0.2, 0.25) is 0 Å². The zero-order valence-corrected chi connectivity index (χ0v) is 14.9. The lowest BCUT2D eigenvalue weighted by molar-refractivity contribution is -0.140. The average Bonchev–Trinajstić information content (AvgIpc) is 2.91. The molecule has 1 amide bonds. The van der Waals surface area contributed by atoms with Crippen LogP contribution >= 0.6 is 0 Å². The number of carbonyl (C=O) groups is 2. The molecule has 5 heteroatoms. The summed E-state index contributed by atoms with van der Waals surface area (Å²) in [6, 6.07) is 16.6. The minimum absolute atomic E-state index is 0.179. The first-order chi connectivity index (χ1) is 13.1. The lowest BCUT2D eigenvalue weighted by Crippen LogP contribution is -2.49. The van der Waals surface area contributed by atoms with Gasteiger partial charge in [0.05, 0.1) is 17.7 Å². The number of hydrogen-bond donors (Lipinski definition) is 1. The number of hydrogen-bond acceptors (Lipinski definition) is 4. The van der Waals surface area contributed by atoms with Crippen LogP contribution in [0.25, 0.3) is 0 Å². The Labute approximate surface area is 157 Å². The van der Waals surface area contributed by atoms with Crippen molar-refractivity contribution < 1.29 is 14.7 Å². The van der Waals surface area contributed by atoms with Crippen molar-refractivity contribution >= 4 is 17.4 Å². The van der Waals surface area contributed by atoms with E-state index in [1.807, 2.05) is 24.3 Å². The highest BCUT2D eigenvalue weighted by Gasteiger charge is 2.57. The Morgan fingerprint density at radius 3 is 2.70 bits per heavy atom. The molecule has 0 saturated carbocycles. The topological polar surface area (TPSA) is 81.4 Å². The van der Waals surface area contributed by atoms with Crippen LogP contribution in [-0.2, 0) is 16.8 Å². The minimum atomic E-state index is -1.85. The van der Waals surface area contributed by atoms with Gasteiger partial charge in [-0.2, -0.15) is 5.26 Å². The van der Waals surface area contributed by atoms with Gasteiger partial charge in [0.25, 0.3) is 5.91 Å². The lowest BCUT2D eigenvalue weighted by Gasteiger charge is -2.34. The SMILES string of the molecule is N#CCCCN1C(=O)[C@](O)([C@H]2CCc3ccccc3C2=O)c2ccccc21. The van der Waals surface area contributed by atoms with Gasteiger partial charge in [-0.1, -0.05) is 42.5 Å². The maximum atomic E-state index is 13.3. The second kappa shape index (κ2) is 6.64. The quantitative estimate of drug-likeness (QED) is 0.850. The summed E-state index contributed by atoms with van der Waals surface area (Å²) in [5, 5.41) is 20.4. The van der Waals surface area contributed by atoms with Gasteiger partial charge in [0, 0.05) is 24.1 Å². The number of nitriles is 1. The molecule has 136 valence electrons. The smallest absolute Gasteiger partial charge is 0.264 e. The molecular formula is C22H20N2O3. The number of nitrogens with zero attached hydrogens (tertiary/aromatic N) is 2. The fourth-order valence-electron chi connectivity index (χ4n) is 4.33. The van der Waals surface area contributed by atoms with Crippen LogP contribution in [0.1, 0.15) is 40.7 Å². The molecule has 0 fully saturated rings. The molecular weight excluding hydrogens is 340 g/mol. The molecule has 1 heterocycles. The van der Waals surface area contributed by atoms with Crippen molar-refractivity contribution in [2.45, 2.75) is 31.3 Å². The highest BCUT2D eigenvalue weighted by Crippen LogP contribution is 2.48. The number of fused-ring (bicyclic) bond motifs is 2. The average molecular weight is 360 g/mol. The van der Waals surface area contributed by atoms with Crippen molar-refractivity contribution in [3.63, 3.8) is 0 Å². The Kier molecular flexibility index (Phi) is 4.29. The summed E-state index contributed by atoms with van der Waals surface area (Å²) in [6.45, 7) is 0.350. The molecule has 0 radical (unpaired) electrons. The molecule has 0 spiro atoms. The Morgan fingerprint density at radius 2 is 1.89 bits per heavy atom. The summed E-state index contributed by atoms with van der Waals surface area (Å²) in [5.41, 5.74) is 0.829. The molecule has 27 heavy (non-hydrogen) atoms. The van der Waals surface area contributed by atoms with E-state index in [-0.39, 0.29) is 5.78 Å². The first-order valence-corrected chi connectivity index (χ1v) is 9.22. The largest absolute Gasteiger partial charge is 0.375 e. The van der Waals surface area contributed by atoms with E-state index < -0.39 is 17.4 Å². The van der Waals surface area contributed by atoms with Crippen molar-refractivity contribution in [3.05, 3.63) is 65.2 Å². The second-order valence-corrected chi connectivity index (χ2v) is 7.11. The van der Waals surface area contributed by atoms with Crippen molar-refractivity contribution in [2.75, 3.05) is 11.4 Å². The molecule has 2 aromatic carbocycles. The number of aryl methyl sites for hydroxylation is 1. The number of ketones is 1. The number of aliphatic hydroxyl groups is 1. The molecule has 0 saturated heterocycles. The number of anilines is 1. The summed E-state index contributed by atoms with van der Waals surface area (Å²) in [7, 11) is 0. The molecule has 0 unspecified atom stereocenters. The summed E-state index contributed by atoms with van der Waals surface area (Å²) < 4.78 is 0. The van der Waals surface area contributed by atoms with Gasteiger partial charge in [-0.05, 0) is 30.9 Å². The van der Waals surface area contributed by atoms with Crippen LogP contribution in [0.5, 0.6) is 0 Å². The number of Topliss-reactive ketones (excluding diaryl/α,β-unsaturated/α-hetero) is 1. The van der Waals surface area contributed by atoms with Gasteiger partial charge in [0.15, 0.2) is 11.4 Å². The molecule has 5 nitrogen and oxygen atoms in total. The van der Waals surface area contributed by atoms with Gasteiger partial charge in [0.2, 0.25) is 0 Å². The summed E-state index contributed by atoms with van der Waals surface area (Å²) >= 11 is 0. The van der Waals surface area contributed by atoms with Crippen molar-refractivity contribution in [1.29, 1.82) is 5.26 Å². The highest BCUT2D eigenvalue weighted by molar-refractivity contribution is 6.12. The van der Waals surface area contributed by atoms with Crippen LogP contribution in [0.3, 0.4) is 0 Å². The molecule has 2 aromatic rings. The third-order valence-corrected chi connectivity index (χ3v) is 5.65. The molecule has 0 bridgehead atoms. The van der Waals surface area contributed by atoms with Gasteiger partial charge in [-0.25, -0.2) is 0 Å². The van der Waals surface area contributed by atoms with E-state index in [0.717, 1.165) is 5.56 Å². The molecule has 2 aliphatic rings. The Bertz CT molecular complexity index is 962. The highest BCUT2D eigenvalue weighted by atomic mass is 16.3. The summed E-state index contributed by atoms with van der Waals surface area (Å²) in [6.07, 6.45) is 1.94. The van der Waals surface area contributed by atoms with Gasteiger partial charge >= 0.3 is 0 Å². The number of benzene rings is 2. The standard InChI is InChI=1S/C22H20N2O3/c23-13-5-6-14-24-19-10-4-3-9-17(19)22(27,21(24)26)18-12-11-15-7-1-2-8-16(15)20(18)25/h1-4,7-10,18,27H,5-6,11-12,14H2/t18-,22+/m0/s1. The fraction of sp³-hybridized carbons (Fsp3) is 0.318. The molecule has 4 rings (SSSR count). The summed E-state index contributed by atoms with van der Waals surface area (Å²) in [5.74, 6) is -1.44. The van der Waals surface area contributed by atoms with Crippen LogP contribution in [0, 0.1) is 17.2 Å².